The number of nitrogens with zero attached hydrogens (tertiary/aromatic N) is 3. The van der Waals surface area contributed by atoms with Crippen LogP contribution in [0.3, 0.4) is 0 Å². The summed E-state index contributed by atoms with van der Waals surface area (Å²) in [6.07, 6.45) is 0. The van der Waals surface area contributed by atoms with Gasteiger partial charge in [-0.2, -0.15) is 0 Å². The minimum absolute atomic E-state index is 0.289. The lowest BCUT2D eigenvalue weighted by molar-refractivity contribution is 0.321. The van der Waals surface area contributed by atoms with Crippen LogP contribution in [0, 0.1) is 0 Å². The van der Waals surface area contributed by atoms with Gasteiger partial charge in [0, 0.05) is 23.1 Å². The Morgan fingerprint density at radius 1 is 1.00 bits per heavy atom. The predicted molar refractivity (Wildman–Crippen MR) is 105 cm³/mol. The van der Waals surface area contributed by atoms with Crippen LogP contribution in [0.15, 0.2) is 36.4 Å². The van der Waals surface area contributed by atoms with E-state index in [0.717, 1.165) is 16.5 Å². The van der Waals surface area contributed by atoms with E-state index in [4.69, 9.17) is 20.2 Å². The standard InChI is InChI=1S/C20H24N4O2/c1-12(24(2)3)13-7-6-8-14(9-13)20-22-16-11-18(26-5)17(25-4)10-15(16)19(21)23-20/h6-12H,1-5H3,(H2,21,22,23)/t12-/m1/s1. The molecule has 0 amide bonds. The van der Waals surface area contributed by atoms with E-state index in [0.29, 0.717) is 23.1 Å². The Morgan fingerprint density at radius 2 is 1.69 bits per heavy atom. The van der Waals surface area contributed by atoms with E-state index in [1.165, 1.54) is 5.56 Å². The molecule has 0 spiro atoms. The van der Waals surface area contributed by atoms with Gasteiger partial charge in [0.05, 0.1) is 19.7 Å². The van der Waals surface area contributed by atoms with Crippen molar-refractivity contribution in [2.24, 2.45) is 0 Å². The molecule has 0 saturated carbocycles. The van der Waals surface area contributed by atoms with Gasteiger partial charge in [0.25, 0.3) is 0 Å². The molecule has 2 N–H and O–H groups in total. The molecular formula is C20H24N4O2. The molecule has 0 aliphatic carbocycles. The molecule has 0 bridgehead atoms. The van der Waals surface area contributed by atoms with Gasteiger partial charge in [-0.05, 0) is 38.7 Å². The molecule has 1 atom stereocenters. The van der Waals surface area contributed by atoms with E-state index in [-0.39, 0.29) is 6.04 Å². The van der Waals surface area contributed by atoms with Gasteiger partial charge >= 0.3 is 0 Å². The number of hydrogen-bond acceptors (Lipinski definition) is 6. The van der Waals surface area contributed by atoms with Gasteiger partial charge in [-0.3, -0.25) is 0 Å². The number of nitrogens with two attached hydrogens (primary N) is 1. The Bertz CT molecular complexity index is 940. The molecule has 3 aromatic rings. The van der Waals surface area contributed by atoms with Gasteiger partial charge in [-0.25, -0.2) is 9.97 Å². The molecule has 0 radical (unpaired) electrons. The molecule has 2 aromatic carbocycles. The molecule has 0 aliphatic heterocycles. The van der Waals surface area contributed by atoms with Crippen LogP contribution < -0.4 is 15.2 Å². The molecule has 0 saturated heterocycles. The maximum atomic E-state index is 6.20. The predicted octanol–water partition coefficient (Wildman–Crippen LogP) is 3.52. The van der Waals surface area contributed by atoms with Gasteiger partial charge in [-0.1, -0.05) is 18.2 Å². The van der Waals surface area contributed by atoms with Crippen LogP contribution in [0.5, 0.6) is 11.5 Å². The molecule has 0 aliphatic rings. The second kappa shape index (κ2) is 7.17. The van der Waals surface area contributed by atoms with Crippen LogP contribution in [0.2, 0.25) is 0 Å². The summed E-state index contributed by atoms with van der Waals surface area (Å²) in [4.78, 5) is 11.4. The average Bonchev–Trinajstić information content (AvgIpc) is 2.66. The van der Waals surface area contributed by atoms with E-state index in [9.17, 15) is 0 Å². The van der Waals surface area contributed by atoms with Crippen molar-refractivity contribution in [3.63, 3.8) is 0 Å². The monoisotopic (exact) mass is 352 g/mol. The molecule has 0 fully saturated rings. The van der Waals surface area contributed by atoms with Crippen molar-refractivity contribution in [3.05, 3.63) is 42.0 Å². The lowest BCUT2D eigenvalue weighted by Crippen LogP contribution is -2.16. The highest BCUT2D eigenvalue weighted by Crippen LogP contribution is 2.34. The van der Waals surface area contributed by atoms with Crippen LogP contribution in [0.25, 0.3) is 22.3 Å². The van der Waals surface area contributed by atoms with Crippen molar-refractivity contribution in [3.8, 4) is 22.9 Å². The quantitative estimate of drug-likeness (QED) is 0.757. The Balaban J connectivity index is 2.13. The van der Waals surface area contributed by atoms with E-state index < -0.39 is 0 Å². The smallest absolute Gasteiger partial charge is 0.162 e. The van der Waals surface area contributed by atoms with Crippen molar-refractivity contribution in [2.45, 2.75) is 13.0 Å². The molecule has 0 unspecified atom stereocenters. The van der Waals surface area contributed by atoms with E-state index in [1.54, 1.807) is 20.3 Å². The number of ether oxygens (including phenoxy) is 2. The lowest BCUT2D eigenvalue weighted by Gasteiger charge is -2.20. The van der Waals surface area contributed by atoms with Crippen molar-refractivity contribution in [1.82, 2.24) is 14.9 Å². The third kappa shape index (κ3) is 3.28. The minimum atomic E-state index is 0.289. The zero-order valence-electron chi connectivity index (χ0n) is 15.8. The van der Waals surface area contributed by atoms with E-state index in [2.05, 4.69) is 43.0 Å². The van der Waals surface area contributed by atoms with Crippen LogP contribution in [-0.4, -0.2) is 43.2 Å². The summed E-state index contributed by atoms with van der Waals surface area (Å²) in [5.74, 6) is 2.22. The molecule has 136 valence electrons. The molecule has 3 rings (SSSR count). The first-order valence-electron chi connectivity index (χ1n) is 8.40. The lowest BCUT2D eigenvalue weighted by atomic mass is 10.0. The Kier molecular flexibility index (Phi) is 4.95. The highest BCUT2D eigenvalue weighted by atomic mass is 16.5. The first kappa shape index (κ1) is 17.9. The van der Waals surface area contributed by atoms with Gasteiger partial charge in [0.1, 0.15) is 5.82 Å². The average molecular weight is 352 g/mol. The Labute approximate surface area is 153 Å². The van der Waals surface area contributed by atoms with E-state index >= 15 is 0 Å². The summed E-state index contributed by atoms with van der Waals surface area (Å²) in [6.45, 7) is 2.16. The van der Waals surface area contributed by atoms with Crippen LogP contribution in [0.4, 0.5) is 5.82 Å². The van der Waals surface area contributed by atoms with Crippen molar-refractivity contribution >= 4 is 16.7 Å². The summed E-state index contributed by atoms with van der Waals surface area (Å²) in [7, 11) is 7.30. The fourth-order valence-electron chi connectivity index (χ4n) is 2.84. The van der Waals surface area contributed by atoms with Crippen LogP contribution >= 0.6 is 0 Å². The third-order valence-corrected chi connectivity index (χ3v) is 4.63. The van der Waals surface area contributed by atoms with Gasteiger partial charge in [0.2, 0.25) is 0 Å². The fraction of sp³-hybridized carbons (Fsp3) is 0.300. The second-order valence-corrected chi connectivity index (χ2v) is 6.42. The topological polar surface area (TPSA) is 73.5 Å². The number of aromatic nitrogens is 2. The summed E-state index contributed by atoms with van der Waals surface area (Å²) in [6, 6.07) is 12.1. The van der Waals surface area contributed by atoms with Gasteiger partial charge in [-0.15, -0.1) is 0 Å². The molecule has 6 heteroatoms. The Hall–Kier alpha value is -2.86. The molecule has 6 nitrogen and oxygen atoms in total. The first-order valence-corrected chi connectivity index (χ1v) is 8.40. The maximum Gasteiger partial charge on any atom is 0.162 e. The number of nitrogen functional groups attached to an aromatic ring is 1. The minimum Gasteiger partial charge on any atom is -0.493 e. The molecule has 1 aromatic heterocycles. The van der Waals surface area contributed by atoms with Crippen molar-refractivity contribution in [1.29, 1.82) is 0 Å². The Morgan fingerprint density at radius 3 is 2.35 bits per heavy atom. The number of benzene rings is 2. The normalized spacial score (nSPS) is 12.4. The largest absolute Gasteiger partial charge is 0.493 e. The first-order chi connectivity index (χ1) is 12.4. The van der Waals surface area contributed by atoms with Crippen LogP contribution in [0.1, 0.15) is 18.5 Å². The van der Waals surface area contributed by atoms with Gasteiger partial charge in [0.15, 0.2) is 17.3 Å². The van der Waals surface area contributed by atoms with Crippen molar-refractivity contribution < 1.29 is 9.47 Å². The number of rotatable bonds is 5. The molecule has 1 heterocycles. The number of hydrogen-bond donors (Lipinski definition) is 1. The number of methoxy groups -OCH3 is 2. The van der Waals surface area contributed by atoms with E-state index in [1.807, 2.05) is 18.2 Å². The number of anilines is 1. The summed E-state index contributed by atoms with van der Waals surface area (Å²) >= 11 is 0. The maximum absolute atomic E-state index is 6.20. The summed E-state index contributed by atoms with van der Waals surface area (Å²) < 4.78 is 10.7. The third-order valence-electron chi connectivity index (χ3n) is 4.63. The SMILES string of the molecule is COc1cc2nc(-c3cccc([C@@H](C)N(C)C)c3)nc(N)c2cc1OC. The highest BCUT2D eigenvalue weighted by molar-refractivity contribution is 5.92. The molecular weight excluding hydrogens is 328 g/mol. The van der Waals surface area contributed by atoms with Crippen LogP contribution in [-0.2, 0) is 0 Å². The second-order valence-electron chi connectivity index (χ2n) is 6.42. The van der Waals surface area contributed by atoms with Gasteiger partial charge < -0.3 is 20.1 Å². The summed E-state index contributed by atoms with van der Waals surface area (Å²) in [5.41, 5.74) is 9.05. The number of fused-ring (bicyclic) bond motifs is 1. The zero-order valence-corrected chi connectivity index (χ0v) is 15.8. The fourth-order valence-corrected chi connectivity index (χ4v) is 2.84. The molecule has 26 heavy (non-hydrogen) atoms. The summed E-state index contributed by atoms with van der Waals surface area (Å²) in [5, 5.41) is 0.740. The zero-order chi connectivity index (χ0) is 18.8. The van der Waals surface area contributed by atoms with Crippen molar-refractivity contribution in [2.75, 3.05) is 34.0 Å². The highest BCUT2D eigenvalue weighted by Gasteiger charge is 2.14.